The topological polar surface area (TPSA) is 30.7 Å². The van der Waals surface area contributed by atoms with Gasteiger partial charge in [0.05, 0.1) is 18.3 Å². The third kappa shape index (κ3) is 2.68. The number of aromatic nitrogens is 3. The van der Waals surface area contributed by atoms with Gasteiger partial charge in [0.25, 0.3) is 0 Å². The van der Waals surface area contributed by atoms with Crippen molar-refractivity contribution < 1.29 is 0 Å². The number of fused-ring (bicyclic) bond motifs is 1. The molecule has 0 atom stereocenters. The van der Waals surface area contributed by atoms with E-state index in [1.54, 1.807) is 23.7 Å². The lowest BCUT2D eigenvalue weighted by atomic mass is 10.3. The van der Waals surface area contributed by atoms with Crippen LogP contribution in [-0.4, -0.2) is 20.4 Å². The fraction of sp³-hybridized carbons (Fsp3) is 0.231. The third-order valence-electron chi connectivity index (χ3n) is 2.88. The zero-order valence-corrected chi connectivity index (χ0v) is 13.2. The Labute approximate surface area is 128 Å². The van der Waals surface area contributed by atoms with Crippen LogP contribution in [0, 0.1) is 0 Å². The maximum Gasteiger partial charge on any atom is 0.111 e. The summed E-state index contributed by atoms with van der Waals surface area (Å²) in [7, 11) is 0. The Morgan fingerprint density at radius 3 is 3.05 bits per heavy atom. The summed E-state index contributed by atoms with van der Waals surface area (Å²) in [6.45, 7) is 0.822. The molecule has 0 spiro atoms. The van der Waals surface area contributed by atoms with E-state index in [4.69, 9.17) is 11.6 Å². The van der Waals surface area contributed by atoms with Crippen molar-refractivity contribution >= 4 is 49.9 Å². The maximum atomic E-state index is 5.87. The Morgan fingerprint density at radius 2 is 2.32 bits per heavy atom. The zero-order chi connectivity index (χ0) is 13.2. The van der Waals surface area contributed by atoms with Crippen molar-refractivity contribution in [2.45, 2.75) is 13.0 Å². The molecule has 0 aliphatic rings. The highest BCUT2D eigenvalue weighted by atomic mass is 79.9. The maximum absolute atomic E-state index is 5.87. The average Bonchev–Trinajstić information content (AvgIpc) is 2.96. The van der Waals surface area contributed by atoms with E-state index in [9.17, 15) is 0 Å². The van der Waals surface area contributed by atoms with Crippen molar-refractivity contribution in [2.24, 2.45) is 0 Å². The van der Waals surface area contributed by atoms with Gasteiger partial charge in [-0.05, 0) is 28.1 Å². The lowest BCUT2D eigenvalue weighted by molar-refractivity contribution is 0.763. The van der Waals surface area contributed by atoms with E-state index in [-0.39, 0.29) is 0 Å². The van der Waals surface area contributed by atoms with Crippen LogP contribution in [0.2, 0.25) is 0 Å². The minimum absolute atomic E-state index is 0.574. The summed E-state index contributed by atoms with van der Waals surface area (Å²) >= 11 is 11.1. The predicted octanol–water partition coefficient (Wildman–Crippen LogP) is 4.08. The number of aryl methyl sites for hydroxylation is 1. The molecule has 0 saturated heterocycles. The molecule has 3 aromatic rings. The Kier molecular flexibility index (Phi) is 3.86. The highest BCUT2D eigenvalue weighted by Crippen LogP contribution is 2.23. The van der Waals surface area contributed by atoms with Crippen molar-refractivity contribution in [1.82, 2.24) is 14.5 Å². The van der Waals surface area contributed by atoms with Gasteiger partial charge < -0.3 is 4.57 Å². The highest BCUT2D eigenvalue weighted by Gasteiger charge is 2.11. The summed E-state index contributed by atoms with van der Waals surface area (Å²) in [6, 6.07) is 4.14. The minimum atomic E-state index is 0.574. The number of hydrogen-bond donors (Lipinski definition) is 0. The Morgan fingerprint density at radius 1 is 1.42 bits per heavy atom. The molecule has 3 heterocycles. The zero-order valence-electron chi connectivity index (χ0n) is 10.0. The van der Waals surface area contributed by atoms with E-state index in [2.05, 4.69) is 41.9 Å². The molecule has 0 amide bonds. The van der Waals surface area contributed by atoms with Gasteiger partial charge >= 0.3 is 0 Å². The van der Waals surface area contributed by atoms with E-state index in [0.717, 1.165) is 34.3 Å². The Hall–Kier alpha value is -0.910. The molecule has 19 heavy (non-hydrogen) atoms. The van der Waals surface area contributed by atoms with Crippen LogP contribution < -0.4 is 0 Å². The van der Waals surface area contributed by atoms with Crippen LogP contribution in [0.3, 0.4) is 0 Å². The first-order valence-corrected chi connectivity index (χ1v) is 8.06. The van der Waals surface area contributed by atoms with E-state index in [1.807, 2.05) is 6.07 Å². The molecule has 0 aliphatic heterocycles. The van der Waals surface area contributed by atoms with E-state index < -0.39 is 0 Å². The molecule has 0 N–H and O–H groups in total. The van der Waals surface area contributed by atoms with Crippen molar-refractivity contribution in [3.8, 4) is 0 Å². The van der Waals surface area contributed by atoms with Crippen LogP contribution in [0.1, 0.15) is 10.7 Å². The van der Waals surface area contributed by atoms with E-state index >= 15 is 0 Å². The molecule has 0 fully saturated rings. The molecule has 3 nitrogen and oxygen atoms in total. The Balaban J connectivity index is 2.06. The predicted molar refractivity (Wildman–Crippen MR) is 83.1 cm³/mol. The number of nitrogens with zero attached hydrogens (tertiary/aromatic N) is 3. The number of alkyl halides is 1. The van der Waals surface area contributed by atoms with Gasteiger partial charge in [-0.1, -0.05) is 0 Å². The van der Waals surface area contributed by atoms with Gasteiger partial charge in [-0.2, -0.15) is 0 Å². The number of hydrogen-bond acceptors (Lipinski definition) is 3. The number of pyridine rings is 1. The summed E-state index contributed by atoms with van der Waals surface area (Å²) < 4.78 is 3.34. The van der Waals surface area contributed by atoms with Crippen LogP contribution in [0.5, 0.6) is 0 Å². The van der Waals surface area contributed by atoms with Gasteiger partial charge in [-0.3, -0.25) is 4.98 Å². The monoisotopic (exact) mass is 355 g/mol. The molecular weight excluding hydrogens is 346 g/mol. The van der Waals surface area contributed by atoms with E-state index in [1.165, 1.54) is 4.88 Å². The van der Waals surface area contributed by atoms with Gasteiger partial charge in [-0.25, -0.2) is 4.98 Å². The average molecular weight is 357 g/mol. The van der Waals surface area contributed by atoms with Crippen LogP contribution in [0.15, 0.2) is 34.4 Å². The molecule has 0 bridgehead atoms. The second kappa shape index (κ2) is 5.61. The van der Waals surface area contributed by atoms with Gasteiger partial charge in [0.1, 0.15) is 11.3 Å². The van der Waals surface area contributed by atoms with Crippen molar-refractivity contribution in [3.63, 3.8) is 0 Å². The first-order valence-electron chi connectivity index (χ1n) is 5.86. The second-order valence-electron chi connectivity index (χ2n) is 4.15. The van der Waals surface area contributed by atoms with Crippen LogP contribution in [-0.2, 0) is 13.0 Å². The molecular formula is C13H11BrClN3S. The van der Waals surface area contributed by atoms with E-state index in [0.29, 0.717) is 5.88 Å². The van der Waals surface area contributed by atoms with Gasteiger partial charge in [0.2, 0.25) is 0 Å². The summed E-state index contributed by atoms with van der Waals surface area (Å²) in [6.07, 6.45) is 4.37. The molecule has 3 aromatic heterocycles. The Bertz CT molecular complexity index is 707. The van der Waals surface area contributed by atoms with Crippen molar-refractivity contribution in [3.05, 3.63) is 45.1 Å². The van der Waals surface area contributed by atoms with Gasteiger partial charge in [-0.15, -0.1) is 22.9 Å². The van der Waals surface area contributed by atoms with Crippen LogP contribution >= 0.6 is 38.9 Å². The second-order valence-corrected chi connectivity index (χ2v) is 6.44. The molecule has 0 aromatic carbocycles. The van der Waals surface area contributed by atoms with Gasteiger partial charge in [0.15, 0.2) is 0 Å². The third-order valence-corrected chi connectivity index (χ3v) is 4.75. The first-order chi connectivity index (χ1) is 9.28. The number of halogens is 2. The normalized spacial score (nSPS) is 11.3. The fourth-order valence-electron chi connectivity index (χ4n) is 2.08. The van der Waals surface area contributed by atoms with Crippen molar-refractivity contribution in [2.75, 3.05) is 5.88 Å². The molecule has 98 valence electrons. The fourth-order valence-corrected chi connectivity index (χ4v) is 3.68. The van der Waals surface area contributed by atoms with Gasteiger partial charge in [0, 0.05) is 33.2 Å². The largest absolute Gasteiger partial charge is 0.323 e. The molecule has 3 rings (SSSR count). The number of thiophene rings is 1. The van der Waals surface area contributed by atoms with Crippen LogP contribution in [0.4, 0.5) is 0 Å². The molecule has 0 unspecified atom stereocenters. The molecule has 0 aliphatic carbocycles. The smallest absolute Gasteiger partial charge is 0.111 e. The standard InChI is InChI=1S/C13H11BrClN3S/c14-9-5-10(19-8-9)7-18-12-2-4-16-6-11(12)17-13(18)1-3-15/h2,4-6,8H,1,3,7H2. The molecule has 6 heteroatoms. The van der Waals surface area contributed by atoms with Crippen LogP contribution in [0.25, 0.3) is 11.0 Å². The number of rotatable bonds is 4. The lowest BCUT2D eigenvalue weighted by Crippen LogP contribution is -2.04. The summed E-state index contributed by atoms with van der Waals surface area (Å²) in [5, 5.41) is 2.09. The first kappa shape index (κ1) is 13.1. The summed E-state index contributed by atoms with van der Waals surface area (Å²) in [5.41, 5.74) is 2.04. The number of imidazole rings is 1. The quantitative estimate of drug-likeness (QED) is 0.659. The van der Waals surface area contributed by atoms with Crippen molar-refractivity contribution in [1.29, 1.82) is 0 Å². The lowest BCUT2D eigenvalue weighted by Gasteiger charge is -2.06. The SMILES string of the molecule is ClCCc1nc2cnccc2n1Cc1cc(Br)cs1. The molecule has 0 radical (unpaired) electrons. The minimum Gasteiger partial charge on any atom is -0.323 e. The highest BCUT2D eigenvalue weighted by molar-refractivity contribution is 9.10. The summed E-state index contributed by atoms with van der Waals surface area (Å²) in [4.78, 5) is 10.0. The molecule has 0 saturated carbocycles. The summed E-state index contributed by atoms with van der Waals surface area (Å²) in [5.74, 6) is 1.59.